The zero-order valence-electron chi connectivity index (χ0n) is 27.2. The first-order valence-electron chi connectivity index (χ1n) is 14.5. The Labute approximate surface area is 297 Å². The number of halogens is 1. The number of amides is 2. The molecule has 254 valence electrons. The lowest BCUT2D eigenvalue weighted by Gasteiger charge is -2.19. The number of hydrogen-bond donors (Lipinski definition) is 3. The van der Waals surface area contributed by atoms with Crippen LogP contribution >= 0.6 is 0 Å². The number of anilines is 2. The molecule has 2 amide bonds. The maximum Gasteiger partial charge on any atom is 0.279 e. The fourth-order valence-corrected chi connectivity index (χ4v) is 6.21. The third kappa shape index (κ3) is 9.68. The first-order chi connectivity index (χ1) is 22.4. The fourth-order valence-electron chi connectivity index (χ4n) is 4.67. The molecule has 0 saturated heterocycles. The average molecular weight is 788 g/mol. The number of nitrogens with two attached hydrogens (primary N) is 1. The summed E-state index contributed by atoms with van der Waals surface area (Å²) in [6.45, 7) is 3.79. The summed E-state index contributed by atoms with van der Waals surface area (Å²) in [6, 6.07) is 20.2. The summed E-state index contributed by atoms with van der Waals surface area (Å²) in [4.78, 5) is 23.2. The molecule has 0 fully saturated rings. The van der Waals surface area contributed by atoms with Crippen LogP contribution in [0.3, 0.4) is 0 Å². The van der Waals surface area contributed by atoms with E-state index in [1.807, 2.05) is 60.3 Å². The van der Waals surface area contributed by atoms with Crippen LogP contribution in [-0.2, 0) is 30.2 Å². The van der Waals surface area contributed by atoms with E-state index in [0.717, 1.165) is 17.1 Å². The summed E-state index contributed by atoms with van der Waals surface area (Å²) in [5, 5.41) is 6.23. The van der Waals surface area contributed by atoms with E-state index in [1.165, 1.54) is 36.2 Å². The summed E-state index contributed by atoms with van der Waals surface area (Å²) in [5.41, 5.74) is 8.65. The number of nitrogens with one attached hydrogen (secondary N) is 2. The van der Waals surface area contributed by atoms with Crippen LogP contribution in [0.15, 0.2) is 105 Å². The molecule has 48 heavy (non-hydrogen) atoms. The minimum atomic E-state index is -3.80. The number of rotatable bonds is 11. The Morgan fingerprint density at radius 2 is 1.67 bits per heavy atom. The molecule has 0 radical (unpaired) electrons. The third-order valence-electron chi connectivity index (χ3n) is 7.17. The highest BCUT2D eigenvalue weighted by Gasteiger charge is 2.26. The smallest absolute Gasteiger partial charge is 0.279 e. The van der Waals surface area contributed by atoms with Gasteiger partial charge in [-0.25, -0.2) is 18.3 Å². The number of furan rings is 2. The lowest BCUT2D eigenvalue weighted by molar-refractivity contribution is -0.657. The molecule has 0 aliphatic rings. The van der Waals surface area contributed by atoms with E-state index in [2.05, 4.69) is 15.1 Å². The summed E-state index contributed by atoms with van der Waals surface area (Å²) in [7, 11) is 1.19. The molecule has 3 heterocycles. The summed E-state index contributed by atoms with van der Waals surface area (Å²) in [5.74, 6) is 1.15. The van der Waals surface area contributed by atoms with Gasteiger partial charge in [-0.1, -0.05) is 18.2 Å². The van der Waals surface area contributed by atoms with Gasteiger partial charge >= 0.3 is 0 Å². The van der Waals surface area contributed by atoms with E-state index < -0.39 is 15.9 Å². The molecule has 4 N–H and O–H groups in total. The van der Waals surface area contributed by atoms with Gasteiger partial charge in [0.1, 0.15) is 29.7 Å². The van der Waals surface area contributed by atoms with Gasteiger partial charge in [-0.3, -0.25) is 9.59 Å². The molecule has 2 aromatic carbocycles. The van der Waals surface area contributed by atoms with Crippen molar-refractivity contribution in [1.29, 1.82) is 0 Å². The van der Waals surface area contributed by atoms with Gasteiger partial charge in [-0.05, 0) is 73.0 Å². The Hall–Kier alpha value is -4.67. The largest absolute Gasteiger partial charge is 1.00 e. The Morgan fingerprint density at radius 1 is 0.979 bits per heavy atom. The summed E-state index contributed by atoms with van der Waals surface area (Å²) in [6.07, 6.45) is 6.01. The number of benzene rings is 2. The van der Waals surface area contributed by atoms with Crippen LogP contribution in [0.2, 0.25) is 0 Å². The molecular formula is C34H38IN5O7S. The van der Waals surface area contributed by atoms with Crippen molar-refractivity contribution in [2.75, 3.05) is 19.5 Å². The van der Waals surface area contributed by atoms with E-state index in [-0.39, 0.29) is 41.3 Å². The fraction of sp³-hybridized carbons (Fsp3) is 0.206. The predicted molar refractivity (Wildman–Crippen MR) is 176 cm³/mol. The molecule has 0 saturated carbocycles. The van der Waals surface area contributed by atoms with Crippen molar-refractivity contribution in [3.63, 3.8) is 0 Å². The van der Waals surface area contributed by atoms with Gasteiger partial charge in [0.15, 0.2) is 0 Å². The first-order valence-corrected chi connectivity index (χ1v) is 15.9. The van der Waals surface area contributed by atoms with Crippen LogP contribution in [0.4, 0.5) is 11.5 Å². The van der Waals surface area contributed by atoms with Gasteiger partial charge in [-0.2, -0.15) is 4.31 Å². The monoisotopic (exact) mass is 787 g/mol. The van der Waals surface area contributed by atoms with Gasteiger partial charge in [-0.15, -0.1) is 0 Å². The molecule has 0 aliphatic carbocycles. The molecule has 0 spiro atoms. The SMILES string of the molecule is COc1cc(C)c(S(=O)(=O)N(C)Cc2cc(C(=O)NCc3ccc(Nc4cccc[n+]4C)cc3)co2)c(C)c1.NC(=O)c1ccoc1.[I-]. The molecule has 5 rings (SSSR count). The van der Waals surface area contributed by atoms with Crippen LogP contribution in [0.25, 0.3) is 0 Å². The highest BCUT2D eigenvalue weighted by molar-refractivity contribution is 7.89. The van der Waals surface area contributed by atoms with E-state index in [9.17, 15) is 18.0 Å². The predicted octanol–water partition coefficient (Wildman–Crippen LogP) is 1.61. The van der Waals surface area contributed by atoms with Crippen molar-refractivity contribution in [1.82, 2.24) is 9.62 Å². The molecule has 14 heteroatoms. The molecule has 5 aromatic rings. The Bertz CT molecular complexity index is 1920. The number of hydrogen-bond acceptors (Lipinski definition) is 8. The number of aromatic nitrogens is 1. The van der Waals surface area contributed by atoms with Crippen molar-refractivity contribution < 1.29 is 60.1 Å². The second-order valence-electron chi connectivity index (χ2n) is 10.7. The second kappa shape index (κ2) is 16.9. The number of aryl methyl sites for hydroxylation is 3. The molecular weight excluding hydrogens is 749 g/mol. The zero-order valence-corrected chi connectivity index (χ0v) is 30.2. The van der Waals surface area contributed by atoms with E-state index in [1.54, 1.807) is 39.2 Å². The normalized spacial score (nSPS) is 10.8. The van der Waals surface area contributed by atoms with Gasteiger partial charge in [0.25, 0.3) is 17.6 Å². The van der Waals surface area contributed by atoms with Crippen LogP contribution in [0.5, 0.6) is 5.75 Å². The molecule has 3 aromatic heterocycles. The van der Waals surface area contributed by atoms with E-state index in [0.29, 0.717) is 40.3 Å². The molecule has 0 aliphatic heterocycles. The zero-order chi connectivity index (χ0) is 34.1. The van der Waals surface area contributed by atoms with Gasteiger partial charge < -0.3 is 48.6 Å². The van der Waals surface area contributed by atoms with Crippen LogP contribution in [-0.4, -0.2) is 38.7 Å². The lowest BCUT2D eigenvalue weighted by Crippen LogP contribution is -3.00. The van der Waals surface area contributed by atoms with Crippen LogP contribution < -0.4 is 49.6 Å². The van der Waals surface area contributed by atoms with Gasteiger partial charge in [0.2, 0.25) is 10.0 Å². The second-order valence-corrected chi connectivity index (χ2v) is 12.7. The summed E-state index contributed by atoms with van der Waals surface area (Å²) >= 11 is 0. The number of ether oxygens (including phenoxy) is 1. The Morgan fingerprint density at radius 3 is 2.23 bits per heavy atom. The van der Waals surface area contributed by atoms with Gasteiger partial charge in [0.05, 0.1) is 49.2 Å². The van der Waals surface area contributed by atoms with Crippen LogP contribution in [0, 0.1) is 13.8 Å². The first kappa shape index (κ1) is 37.8. The van der Waals surface area contributed by atoms with E-state index in [4.69, 9.17) is 14.9 Å². The van der Waals surface area contributed by atoms with Crippen molar-refractivity contribution in [2.45, 2.75) is 31.8 Å². The van der Waals surface area contributed by atoms with Crippen LogP contribution in [0.1, 0.15) is 43.2 Å². The molecule has 0 bridgehead atoms. The number of pyridine rings is 1. The quantitative estimate of drug-likeness (QED) is 0.135. The number of sulfonamides is 1. The highest BCUT2D eigenvalue weighted by atomic mass is 127. The Balaban J connectivity index is 0.000000608. The number of carbonyl (C=O) groups excluding carboxylic acids is 2. The van der Waals surface area contributed by atoms with Gasteiger partial charge in [0, 0.05) is 19.7 Å². The lowest BCUT2D eigenvalue weighted by atomic mass is 10.1. The van der Waals surface area contributed by atoms with Crippen molar-refractivity contribution in [3.05, 3.63) is 125 Å². The highest BCUT2D eigenvalue weighted by Crippen LogP contribution is 2.28. The molecule has 0 unspecified atom stereocenters. The van der Waals surface area contributed by atoms with E-state index >= 15 is 0 Å². The summed E-state index contributed by atoms with van der Waals surface area (Å²) < 4.78 is 45.1. The molecule has 0 atom stereocenters. The number of carbonyl (C=O) groups is 2. The maximum atomic E-state index is 13.3. The average Bonchev–Trinajstić information content (AvgIpc) is 3.75. The minimum absolute atomic E-state index is 0. The molecule has 12 nitrogen and oxygen atoms in total. The van der Waals surface area contributed by atoms with Crippen molar-refractivity contribution in [2.24, 2.45) is 12.8 Å². The van der Waals surface area contributed by atoms with Crippen molar-refractivity contribution >= 4 is 33.3 Å². The maximum absolute atomic E-state index is 13.3. The van der Waals surface area contributed by atoms with Crippen molar-refractivity contribution in [3.8, 4) is 5.75 Å². The number of nitrogens with zero attached hydrogens (tertiary/aromatic N) is 2. The topological polar surface area (TPSA) is 161 Å². The number of primary amides is 1. The Kier molecular flexibility index (Phi) is 13.3. The number of methoxy groups -OCH3 is 1. The third-order valence-corrected chi connectivity index (χ3v) is 9.28. The minimum Gasteiger partial charge on any atom is -1.00 e. The standard InChI is InChI=1S/C29H32N4O5S.C5H5NO2.HI/c1-20-14-25(37-5)15-21(2)28(20)39(35,36)33(4)18-26-16-23(19-38-26)29(34)30-17-22-9-11-24(12-10-22)31-27-8-6-7-13-32(27)3;6-5(7)4-1-2-8-3-4;/h6-16,19H,17-18H2,1-5H3,(H,30,34);1-3H,(H2,6,7);1H.